The van der Waals surface area contributed by atoms with E-state index in [1.54, 1.807) is 0 Å². The molecule has 0 aromatic heterocycles. The average molecular weight is 607 g/mol. The molecule has 0 unspecified atom stereocenters. The summed E-state index contributed by atoms with van der Waals surface area (Å²) in [5.41, 5.74) is 0. The van der Waals surface area contributed by atoms with Gasteiger partial charge >= 0.3 is 5.97 Å². The Morgan fingerprint density at radius 1 is 0.667 bits per heavy atom. The Balaban J connectivity index is 1.66. The predicted molar refractivity (Wildman–Crippen MR) is 152 cm³/mol. The van der Waals surface area contributed by atoms with E-state index in [0.717, 1.165) is 38.5 Å². The van der Waals surface area contributed by atoms with Crippen LogP contribution in [0.1, 0.15) is 96.8 Å². The molecular formula is C30H54O12. The molecule has 0 radical (unpaired) electrons. The summed E-state index contributed by atoms with van der Waals surface area (Å²) in [4.78, 5) is 12.4. The Morgan fingerprint density at radius 3 is 1.79 bits per heavy atom. The van der Waals surface area contributed by atoms with Gasteiger partial charge in [0.05, 0.1) is 13.2 Å². The molecule has 0 aliphatic carbocycles. The highest BCUT2D eigenvalue weighted by Crippen LogP contribution is 2.30. The van der Waals surface area contributed by atoms with Gasteiger partial charge < -0.3 is 54.7 Å². The van der Waals surface area contributed by atoms with Crippen LogP contribution in [-0.4, -0.2) is 116 Å². The van der Waals surface area contributed by atoms with Crippen LogP contribution in [-0.2, 0) is 23.7 Å². The van der Waals surface area contributed by atoms with Gasteiger partial charge in [-0.3, -0.25) is 4.79 Å². The zero-order valence-electron chi connectivity index (χ0n) is 24.9. The van der Waals surface area contributed by atoms with Gasteiger partial charge in [0.1, 0.15) is 42.7 Å². The summed E-state index contributed by atoms with van der Waals surface area (Å²) in [5.74, 6) is -0.598. The number of ether oxygens (including phenoxy) is 4. The maximum atomic E-state index is 12.4. The van der Waals surface area contributed by atoms with E-state index in [2.05, 4.69) is 19.1 Å². The van der Waals surface area contributed by atoms with Crippen LogP contribution in [0.4, 0.5) is 0 Å². The molecule has 0 saturated carbocycles. The van der Waals surface area contributed by atoms with Gasteiger partial charge in [-0.15, -0.1) is 0 Å². The highest BCUT2D eigenvalue weighted by molar-refractivity contribution is 5.69. The first kappa shape index (κ1) is 37.0. The quantitative estimate of drug-likeness (QED) is 0.0595. The van der Waals surface area contributed by atoms with Crippen molar-refractivity contribution >= 4 is 5.97 Å². The number of aliphatic hydroxyl groups excluding tert-OH is 7. The number of hydrogen-bond donors (Lipinski definition) is 7. The number of carbonyl (C=O) groups excluding carboxylic acids is 1. The molecular weight excluding hydrogens is 552 g/mol. The van der Waals surface area contributed by atoms with E-state index in [1.807, 2.05) is 0 Å². The number of esters is 1. The second-order valence-corrected chi connectivity index (χ2v) is 11.3. The third-order valence-electron chi connectivity index (χ3n) is 7.86. The fourth-order valence-corrected chi connectivity index (χ4v) is 5.25. The lowest BCUT2D eigenvalue weighted by atomic mass is 9.97. The van der Waals surface area contributed by atoms with Crippen molar-refractivity contribution in [1.82, 2.24) is 0 Å². The van der Waals surface area contributed by atoms with E-state index >= 15 is 0 Å². The van der Waals surface area contributed by atoms with E-state index in [0.29, 0.717) is 6.42 Å². The molecule has 0 aromatic rings. The standard InChI is InChI=1S/C30H54O12/c1-2-3-4-5-6-7-8-9-10-11-12-13-14-15-16-17-22(33)41-27-21(19-32)40-30(26(37)24(27)35)42-28-20(18-31)39-29(38)25(36)23(28)34/h9-10,20-21,23-32,34-38H,2-8,11-19H2,1H3/b10-9-/t20-,21-,23-,24-,25-,26-,27-,28-,29-,30+/m1/s1. The molecule has 42 heavy (non-hydrogen) atoms. The maximum absolute atomic E-state index is 12.4. The summed E-state index contributed by atoms with van der Waals surface area (Å²) < 4.78 is 21.4. The van der Waals surface area contributed by atoms with E-state index in [4.69, 9.17) is 18.9 Å². The third kappa shape index (κ3) is 12.1. The molecule has 2 fully saturated rings. The Morgan fingerprint density at radius 2 is 1.19 bits per heavy atom. The number of unbranched alkanes of at least 4 members (excludes halogenated alkanes) is 11. The van der Waals surface area contributed by atoms with Crippen LogP contribution in [0, 0.1) is 0 Å². The van der Waals surface area contributed by atoms with E-state index in [9.17, 15) is 40.5 Å². The van der Waals surface area contributed by atoms with Crippen molar-refractivity contribution in [2.45, 2.75) is 158 Å². The zero-order chi connectivity index (χ0) is 30.9. The third-order valence-corrected chi connectivity index (χ3v) is 7.86. The normalized spacial score (nSPS) is 33.7. The predicted octanol–water partition coefficient (Wildman–Crippen LogP) is 1.19. The zero-order valence-corrected chi connectivity index (χ0v) is 24.9. The Labute approximate surface area is 249 Å². The molecule has 0 aromatic carbocycles. The molecule has 0 spiro atoms. The van der Waals surface area contributed by atoms with Gasteiger partial charge in [-0.2, -0.15) is 0 Å². The second kappa shape index (κ2) is 20.7. The van der Waals surface area contributed by atoms with Crippen molar-refractivity contribution < 1.29 is 59.5 Å². The van der Waals surface area contributed by atoms with Gasteiger partial charge in [0.15, 0.2) is 18.7 Å². The van der Waals surface area contributed by atoms with E-state index in [-0.39, 0.29) is 6.42 Å². The van der Waals surface area contributed by atoms with Gasteiger partial charge in [0, 0.05) is 6.42 Å². The van der Waals surface area contributed by atoms with E-state index in [1.165, 1.54) is 38.5 Å². The van der Waals surface area contributed by atoms with Crippen LogP contribution >= 0.6 is 0 Å². The first-order valence-electron chi connectivity index (χ1n) is 15.7. The lowest BCUT2D eigenvalue weighted by Crippen LogP contribution is -2.65. The second-order valence-electron chi connectivity index (χ2n) is 11.3. The summed E-state index contributed by atoms with van der Waals surface area (Å²) in [5, 5.41) is 70.3. The molecule has 2 aliphatic heterocycles. The summed E-state index contributed by atoms with van der Waals surface area (Å²) in [7, 11) is 0. The number of aliphatic hydroxyl groups is 7. The Kier molecular flexibility index (Phi) is 18.2. The molecule has 7 N–H and O–H groups in total. The number of rotatable bonds is 20. The van der Waals surface area contributed by atoms with Gasteiger partial charge in [0.2, 0.25) is 0 Å². The molecule has 10 atom stereocenters. The summed E-state index contributed by atoms with van der Waals surface area (Å²) in [6, 6.07) is 0. The summed E-state index contributed by atoms with van der Waals surface area (Å²) >= 11 is 0. The summed E-state index contributed by atoms with van der Waals surface area (Å²) in [6.45, 7) is 0.853. The number of hydrogen-bond acceptors (Lipinski definition) is 12. The molecule has 2 saturated heterocycles. The molecule has 0 amide bonds. The highest BCUT2D eigenvalue weighted by atomic mass is 16.7. The number of carbonyl (C=O) groups is 1. The summed E-state index contributed by atoms with van der Waals surface area (Å²) in [6.07, 6.45) is 3.64. The van der Waals surface area contributed by atoms with Crippen molar-refractivity contribution in [3.63, 3.8) is 0 Å². The lowest BCUT2D eigenvalue weighted by Gasteiger charge is -2.45. The van der Waals surface area contributed by atoms with Gasteiger partial charge in [-0.1, -0.05) is 70.4 Å². The van der Waals surface area contributed by atoms with Gasteiger partial charge in [0.25, 0.3) is 0 Å². The largest absolute Gasteiger partial charge is 0.457 e. The molecule has 2 aliphatic rings. The van der Waals surface area contributed by atoms with Crippen molar-refractivity contribution in [1.29, 1.82) is 0 Å². The minimum absolute atomic E-state index is 0.111. The SMILES string of the molecule is CCCCCCCC/C=C\CCCCCCCC(=O)O[C@H]1[C@H](O)[C@@H](O)[C@H](O[C@H]2[C@H](O)[C@@H](O)[C@H](O)O[C@@H]2CO)O[C@@H]1CO. The van der Waals surface area contributed by atoms with Crippen LogP contribution in [0.15, 0.2) is 12.2 Å². The fraction of sp³-hybridized carbons (Fsp3) is 0.900. The smallest absolute Gasteiger partial charge is 0.306 e. The van der Waals surface area contributed by atoms with Crippen LogP contribution in [0.2, 0.25) is 0 Å². The fourth-order valence-electron chi connectivity index (χ4n) is 5.25. The van der Waals surface area contributed by atoms with Crippen LogP contribution in [0.5, 0.6) is 0 Å². The van der Waals surface area contributed by atoms with Crippen molar-refractivity contribution in [3.8, 4) is 0 Å². The number of allylic oxidation sites excluding steroid dienone is 2. The maximum Gasteiger partial charge on any atom is 0.306 e. The topological polar surface area (TPSA) is 196 Å². The molecule has 0 bridgehead atoms. The van der Waals surface area contributed by atoms with Crippen LogP contribution < -0.4 is 0 Å². The minimum Gasteiger partial charge on any atom is -0.457 e. The van der Waals surface area contributed by atoms with Crippen molar-refractivity contribution in [2.24, 2.45) is 0 Å². The van der Waals surface area contributed by atoms with Crippen LogP contribution in [0.25, 0.3) is 0 Å². The molecule has 12 heteroatoms. The first-order chi connectivity index (χ1) is 20.2. The van der Waals surface area contributed by atoms with Gasteiger partial charge in [-0.25, -0.2) is 0 Å². The van der Waals surface area contributed by atoms with Crippen molar-refractivity contribution in [2.75, 3.05) is 13.2 Å². The molecule has 246 valence electrons. The molecule has 12 nitrogen and oxygen atoms in total. The molecule has 2 heterocycles. The molecule has 2 rings (SSSR count). The Bertz CT molecular complexity index is 748. The van der Waals surface area contributed by atoms with Crippen molar-refractivity contribution in [3.05, 3.63) is 12.2 Å². The lowest BCUT2D eigenvalue weighted by molar-refractivity contribution is -0.355. The monoisotopic (exact) mass is 606 g/mol. The Hall–Kier alpha value is -1.19. The minimum atomic E-state index is -1.77. The first-order valence-corrected chi connectivity index (χ1v) is 15.7. The van der Waals surface area contributed by atoms with Crippen LogP contribution in [0.3, 0.4) is 0 Å². The van der Waals surface area contributed by atoms with E-state index < -0.39 is 80.6 Å². The highest BCUT2D eigenvalue weighted by Gasteiger charge is 2.51. The van der Waals surface area contributed by atoms with Gasteiger partial charge in [-0.05, 0) is 32.1 Å². The average Bonchev–Trinajstić information content (AvgIpc) is 2.98.